The zero-order valence-electron chi connectivity index (χ0n) is 6.70. The Labute approximate surface area is 65.4 Å². The highest BCUT2D eigenvalue weighted by molar-refractivity contribution is 5.37. The second kappa shape index (κ2) is 3.19. The molecule has 4 nitrogen and oxygen atoms in total. The molecule has 0 aromatic heterocycles. The lowest BCUT2D eigenvalue weighted by Gasteiger charge is -2.20. The van der Waals surface area contributed by atoms with Crippen LogP contribution >= 0.6 is 0 Å². The Hall–Kier alpha value is -0.610. The van der Waals surface area contributed by atoms with E-state index in [0.29, 0.717) is 13.1 Å². The van der Waals surface area contributed by atoms with Crippen LogP contribution in [0.4, 0.5) is 0 Å². The summed E-state index contributed by atoms with van der Waals surface area (Å²) in [5, 5.41) is 0. The summed E-state index contributed by atoms with van der Waals surface area (Å²) in [6.45, 7) is 4.76. The van der Waals surface area contributed by atoms with E-state index < -0.39 is 5.79 Å². The van der Waals surface area contributed by atoms with Crippen LogP contribution in [0.5, 0.6) is 0 Å². The molecule has 1 fully saturated rings. The molecule has 1 aliphatic rings. The highest BCUT2D eigenvalue weighted by Crippen LogP contribution is 2.22. The molecule has 0 saturated carbocycles. The number of carbonyl (C=O) groups is 1. The van der Waals surface area contributed by atoms with E-state index in [0.717, 1.165) is 0 Å². The SMILES string of the molecule is CC1COC(C)(COC=O)O1. The summed E-state index contributed by atoms with van der Waals surface area (Å²) in [4.78, 5) is 9.85. The molecule has 0 radical (unpaired) electrons. The van der Waals surface area contributed by atoms with E-state index in [-0.39, 0.29) is 12.7 Å². The number of rotatable bonds is 3. The summed E-state index contributed by atoms with van der Waals surface area (Å²) in [5.74, 6) is -0.736. The summed E-state index contributed by atoms with van der Waals surface area (Å²) in [6, 6.07) is 0. The Kier molecular flexibility index (Phi) is 2.46. The van der Waals surface area contributed by atoms with Crippen molar-refractivity contribution in [2.24, 2.45) is 0 Å². The normalized spacial score (nSPS) is 37.1. The van der Waals surface area contributed by atoms with Gasteiger partial charge in [0.15, 0.2) is 5.79 Å². The molecule has 1 saturated heterocycles. The van der Waals surface area contributed by atoms with Crippen LogP contribution in [0.15, 0.2) is 0 Å². The molecule has 0 amide bonds. The molecule has 0 spiro atoms. The molecule has 64 valence electrons. The van der Waals surface area contributed by atoms with Crippen molar-refractivity contribution in [1.82, 2.24) is 0 Å². The van der Waals surface area contributed by atoms with E-state index in [2.05, 4.69) is 4.74 Å². The van der Waals surface area contributed by atoms with Gasteiger partial charge in [-0.05, 0) is 13.8 Å². The van der Waals surface area contributed by atoms with Crippen LogP contribution in [0.25, 0.3) is 0 Å². The van der Waals surface area contributed by atoms with E-state index in [4.69, 9.17) is 9.47 Å². The van der Waals surface area contributed by atoms with Crippen LogP contribution in [-0.4, -0.2) is 31.6 Å². The van der Waals surface area contributed by atoms with Crippen molar-refractivity contribution in [3.63, 3.8) is 0 Å². The van der Waals surface area contributed by atoms with Crippen molar-refractivity contribution >= 4 is 6.47 Å². The predicted octanol–water partition coefficient (Wildman–Crippen LogP) is 0.311. The first-order chi connectivity index (χ1) is 5.16. The highest BCUT2D eigenvalue weighted by atomic mass is 16.8. The largest absolute Gasteiger partial charge is 0.462 e. The van der Waals surface area contributed by atoms with Crippen LogP contribution < -0.4 is 0 Å². The number of ether oxygens (including phenoxy) is 3. The lowest BCUT2D eigenvalue weighted by atomic mass is 10.3. The third-order valence-electron chi connectivity index (χ3n) is 1.49. The third-order valence-corrected chi connectivity index (χ3v) is 1.49. The molecular weight excluding hydrogens is 148 g/mol. The van der Waals surface area contributed by atoms with Crippen LogP contribution in [0.3, 0.4) is 0 Å². The number of hydrogen-bond acceptors (Lipinski definition) is 4. The summed E-state index contributed by atoms with van der Waals surface area (Å²) in [7, 11) is 0. The summed E-state index contributed by atoms with van der Waals surface area (Å²) >= 11 is 0. The fraction of sp³-hybridized carbons (Fsp3) is 0.857. The molecule has 1 aliphatic heterocycles. The van der Waals surface area contributed by atoms with Gasteiger partial charge in [0.25, 0.3) is 6.47 Å². The second-order valence-electron chi connectivity index (χ2n) is 2.78. The van der Waals surface area contributed by atoms with Gasteiger partial charge in [-0.15, -0.1) is 0 Å². The van der Waals surface area contributed by atoms with Crippen LogP contribution in [-0.2, 0) is 19.0 Å². The Morgan fingerprint density at radius 1 is 1.82 bits per heavy atom. The zero-order chi connectivity index (χ0) is 8.32. The Morgan fingerprint density at radius 3 is 3.00 bits per heavy atom. The minimum Gasteiger partial charge on any atom is -0.462 e. The summed E-state index contributed by atoms with van der Waals surface area (Å²) < 4.78 is 15.1. The molecule has 4 heteroatoms. The van der Waals surface area contributed by atoms with Crippen molar-refractivity contribution in [3.8, 4) is 0 Å². The quantitative estimate of drug-likeness (QED) is 0.557. The van der Waals surface area contributed by atoms with E-state index in [9.17, 15) is 4.79 Å². The molecule has 1 heterocycles. The predicted molar refractivity (Wildman–Crippen MR) is 36.9 cm³/mol. The molecule has 2 atom stereocenters. The first-order valence-corrected chi connectivity index (χ1v) is 3.53. The molecule has 0 aromatic rings. The van der Waals surface area contributed by atoms with Crippen LogP contribution in [0, 0.1) is 0 Å². The molecular formula is C7H12O4. The van der Waals surface area contributed by atoms with E-state index in [1.807, 2.05) is 6.92 Å². The maximum absolute atomic E-state index is 9.85. The maximum Gasteiger partial charge on any atom is 0.293 e. The third kappa shape index (κ3) is 2.17. The molecule has 0 aromatic carbocycles. The van der Waals surface area contributed by atoms with Crippen LogP contribution in [0.1, 0.15) is 13.8 Å². The Bertz CT molecular complexity index is 147. The van der Waals surface area contributed by atoms with Crippen molar-refractivity contribution < 1.29 is 19.0 Å². The first kappa shape index (κ1) is 8.49. The minimum absolute atomic E-state index is 0.0789. The topological polar surface area (TPSA) is 44.8 Å². The van der Waals surface area contributed by atoms with Crippen molar-refractivity contribution in [1.29, 1.82) is 0 Å². The van der Waals surface area contributed by atoms with E-state index in [1.54, 1.807) is 6.92 Å². The smallest absolute Gasteiger partial charge is 0.293 e. The molecule has 11 heavy (non-hydrogen) atoms. The van der Waals surface area contributed by atoms with Gasteiger partial charge in [-0.1, -0.05) is 0 Å². The van der Waals surface area contributed by atoms with Crippen molar-refractivity contribution in [2.75, 3.05) is 13.2 Å². The molecule has 0 aliphatic carbocycles. The average molecular weight is 160 g/mol. The summed E-state index contributed by atoms with van der Waals surface area (Å²) in [6.07, 6.45) is 0.0789. The highest BCUT2D eigenvalue weighted by Gasteiger charge is 2.35. The van der Waals surface area contributed by atoms with Crippen molar-refractivity contribution in [2.45, 2.75) is 25.7 Å². The Balaban J connectivity index is 2.35. The van der Waals surface area contributed by atoms with Gasteiger partial charge < -0.3 is 14.2 Å². The maximum atomic E-state index is 9.85. The van der Waals surface area contributed by atoms with Gasteiger partial charge in [-0.2, -0.15) is 0 Å². The molecule has 0 N–H and O–H groups in total. The van der Waals surface area contributed by atoms with Gasteiger partial charge in [-0.3, -0.25) is 4.79 Å². The van der Waals surface area contributed by atoms with Gasteiger partial charge in [0.1, 0.15) is 6.61 Å². The second-order valence-corrected chi connectivity index (χ2v) is 2.78. The Morgan fingerprint density at radius 2 is 2.55 bits per heavy atom. The number of carbonyl (C=O) groups excluding carboxylic acids is 1. The van der Waals surface area contributed by atoms with Crippen molar-refractivity contribution in [3.05, 3.63) is 0 Å². The molecule has 1 rings (SSSR count). The minimum atomic E-state index is -0.736. The standard InChI is InChI=1S/C7H12O4/c1-6-3-10-7(2,11-6)4-9-5-8/h5-6H,3-4H2,1-2H3. The average Bonchev–Trinajstić information content (AvgIpc) is 2.28. The number of hydrogen-bond donors (Lipinski definition) is 0. The fourth-order valence-corrected chi connectivity index (χ4v) is 1.05. The van der Waals surface area contributed by atoms with Gasteiger partial charge >= 0.3 is 0 Å². The first-order valence-electron chi connectivity index (χ1n) is 3.53. The molecule has 2 unspecified atom stereocenters. The monoisotopic (exact) mass is 160 g/mol. The van der Waals surface area contributed by atoms with Gasteiger partial charge in [0.2, 0.25) is 0 Å². The molecule has 0 bridgehead atoms. The fourth-order valence-electron chi connectivity index (χ4n) is 1.05. The van der Waals surface area contributed by atoms with Gasteiger partial charge in [0.05, 0.1) is 12.7 Å². The lowest BCUT2D eigenvalue weighted by molar-refractivity contribution is -0.188. The lowest BCUT2D eigenvalue weighted by Crippen LogP contribution is -2.32. The summed E-state index contributed by atoms with van der Waals surface area (Å²) in [5.41, 5.74) is 0. The van der Waals surface area contributed by atoms with Gasteiger partial charge in [0, 0.05) is 0 Å². The van der Waals surface area contributed by atoms with Crippen LogP contribution in [0.2, 0.25) is 0 Å². The van der Waals surface area contributed by atoms with E-state index >= 15 is 0 Å². The van der Waals surface area contributed by atoms with E-state index in [1.165, 1.54) is 0 Å². The zero-order valence-corrected chi connectivity index (χ0v) is 6.70. The van der Waals surface area contributed by atoms with Gasteiger partial charge in [-0.25, -0.2) is 0 Å².